The number of nitrogens with zero attached hydrogens (tertiary/aromatic N) is 1. The van der Waals surface area contributed by atoms with Crippen molar-refractivity contribution in [1.29, 1.82) is 0 Å². The Balaban J connectivity index is 2.29. The Labute approximate surface area is 157 Å². The highest BCUT2D eigenvalue weighted by atomic mass is 32.2. The zero-order chi connectivity index (χ0) is 20.2. The second-order valence-corrected chi connectivity index (χ2v) is 8.96. The third kappa shape index (κ3) is 5.37. The van der Waals surface area contributed by atoms with Crippen molar-refractivity contribution in [3.8, 4) is 11.8 Å². The molecule has 0 radical (unpaired) electrons. The summed E-state index contributed by atoms with van der Waals surface area (Å²) in [4.78, 5) is 15.0. The molecule has 142 valence electrons. The number of rotatable bonds is 4. The van der Waals surface area contributed by atoms with Crippen LogP contribution in [0.5, 0.6) is 0 Å². The van der Waals surface area contributed by atoms with E-state index in [4.69, 9.17) is 5.14 Å². The summed E-state index contributed by atoms with van der Waals surface area (Å²) in [5.74, 6) is 4.92. The van der Waals surface area contributed by atoms with Crippen LogP contribution in [0.15, 0.2) is 52.4 Å². The first kappa shape index (κ1) is 20.6. The Morgan fingerprint density at radius 1 is 1.07 bits per heavy atom. The fourth-order valence-electron chi connectivity index (χ4n) is 1.96. The van der Waals surface area contributed by atoms with Crippen LogP contribution in [0.3, 0.4) is 0 Å². The summed E-state index contributed by atoms with van der Waals surface area (Å²) in [5.41, 5.74) is 0.407. The van der Waals surface area contributed by atoms with Crippen molar-refractivity contribution in [2.75, 3.05) is 0 Å². The van der Waals surface area contributed by atoms with E-state index in [0.717, 1.165) is 12.1 Å². The van der Waals surface area contributed by atoms with E-state index in [9.17, 15) is 21.6 Å². The van der Waals surface area contributed by atoms with Gasteiger partial charge in [-0.2, -0.15) is 0 Å². The molecule has 2 rings (SSSR count). The smallest absolute Gasteiger partial charge is 0.266 e. The van der Waals surface area contributed by atoms with Crippen molar-refractivity contribution in [2.45, 2.75) is 23.6 Å². The molecule has 0 atom stereocenters. The van der Waals surface area contributed by atoms with Gasteiger partial charge in [-0.05, 0) is 30.2 Å². The summed E-state index contributed by atoms with van der Waals surface area (Å²) in [6, 6.07) is 7.57. The van der Waals surface area contributed by atoms with Gasteiger partial charge in [0, 0.05) is 12.1 Å². The highest BCUT2D eigenvalue weighted by Crippen LogP contribution is 2.19. The van der Waals surface area contributed by atoms with E-state index in [0.29, 0.717) is 5.69 Å². The molecule has 1 aromatic heterocycles. The summed E-state index contributed by atoms with van der Waals surface area (Å²) in [6.45, 7) is 3.83. The maximum atomic E-state index is 12.4. The van der Waals surface area contributed by atoms with E-state index in [1.54, 1.807) is 0 Å². The van der Waals surface area contributed by atoms with Gasteiger partial charge in [0.1, 0.15) is 15.5 Å². The number of hydrogen-bond donors (Lipinski definition) is 2. The van der Waals surface area contributed by atoms with Gasteiger partial charge in [-0.1, -0.05) is 31.9 Å². The average Bonchev–Trinajstić information content (AvgIpc) is 2.59. The lowest BCUT2D eigenvalue weighted by Gasteiger charge is -2.10. The normalized spacial score (nSPS) is 11.6. The number of sulfonamides is 2. The molecule has 1 amide bonds. The van der Waals surface area contributed by atoms with E-state index in [1.165, 1.54) is 30.5 Å². The highest BCUT2D eigenvalue weighted by molar-refractivity contribution is 7.92. The fraction of sp³-hybridized carbons (Fsp3) is 0.176. The Hall–Kier alpha value is -2.74. The number of carbonyl (C=O) groups excluding carboxylic acids is 1. The monoisotopic (exact) mass is 407 g/mol. The van der Waals surface area contributed by atoms with Gasteiger partial charge in [0.05, 0.1) is 5.56 Å². The molecule has 27 heavy (non-hydrogen) atoms. The lowest BCUT2D eigenvalue weighted by atomic mass is 10.2. The summed E-state index contributed by atoms with van der Waals surface area (Å²) >= 11 is 0. The van der Waals surface area contributed by atoms with E-state index < -0.39 is 35.7 Å². The van der Waals surface area contributed by atoms with Crippen molar-refractivity contribution in [2.24, 2.45) is 11.1 Å². The summed E-state index contributed by atoms with van der Waals surface area (Å²) in [7, 11) is -8.76. The van der Waals surface area contributed by atoms with Crippen LogP contribution in [0.1, 0.15) is 29.9 Å². The van der Waals surface area contributed by atoms with Gasteiger partial charge in [-0.15, -0.1) is 0 Å². The number of aromatic nitrogens is 1. The predicted octanol–water partition coefficient (Wildman–Crippen LogP) is 0.855. The first-order valence-electron chi connectivity index (χ1n) is 7.67. The molecular weight excluding hydrogens is 390 g/mol. The van der Waals surface area contributed by atoms with Gasteiger partial charge >= 0.3 is 0 Å². The summed E-state index contributed by atoms with van der Waals surface area (Å²) in [6.07, 6.45) is 1.18. The number of carbonyl (C=O) groups is 1. The lowest BCUT2D eigenvalue weighted by Crippen LogP contribution is -2.32. The molecule has 0 unspecified atom stereocenters. The quantitative estimate of drug-likeness (QED) is 0.721. The molecule has 3 N–H and O–H groups in total. The molecule has 1 heterocycles. The Bertz CT molecular complexity index is 1130. The number of nitrogens with two attached hydrogens (primary N) is 1. The fourth-order valence-corrected chi connectivity index (χ4v) is 4.32. The second-order valence-electron chi connectivity index (χ2n) is 5.78. The number of pyridine rings is 1. The largest absolute Gasteiger partial charge is 0.268 e. The van der Waals surface area contributed by atoms with Gasteiger partial charge < -0.3 is 0 Å². The van der Waals surface area contributed by atoms with Gasteiger partial charge in [0.2, 0.25) is 10.0 Å². The Morgan fingerprint density at radius 2 is 1.70 bits per heavy atom. The first-order chi connectivity index (χ1) is 12.5. The Morgan fingerprint density at radius 3 is 2.22 bits per heavy atom. The average molecular weight is 407 g/mol. The molecule has 0 aliphatic heterocycles. The van der Waals surface area contributed by atoms with E-state index in [1.807, 2.05) is 18.6 Å². The molecule has 0 aliphatic rings. The Kier molecular flexibility index (Phi) is 6.00. The van der Waals surface area contributed by atoms with Crippen LogP contribution in [0, 0.1) is 17.8 Å². The summed E-state index contributed by atoms with van der Waals surface area (Å²) in [5, 5.41) is 5.03. The molecule has 8 nitrogen and oxygen atoms in total. The maximum absolute atomic E-state index is 12.4. The molecule has 0 saturated carbocycles. The zero-order valence-corrected chi connectivity index (χ0v) is 16.1. The summed E-state index contributed by atoms with van der Waals surface area (Å²) < 4.78 is 49.8. The van der Waals surface area contributed by atoms with Gasteiger partial charge in [-0.3, -0.25) is 4.79 Å². The predicted molar refractivity (Wildman–Crippen MR) is 98.4 cm³/mol. The van der Waals surface area contributed by atoms with Crippen LogP contribution in [-0.4, -0.2) is 27.7 Å². The number of hydrogen-bond acceptors (Lipinski definition) is 6. The minimum absolute atomic E-state index is 0.0261. The first-order valence-corrected chi connectivity index (χ1v) is 10.7. The molecular formula is C17H17N3O5S2. The van der Waals surface area contributed by atoms with E-state index >= 15 is 0 Å². The van der Waals surface area contributed by atoms with Crippen LogP contribution in [0.25, 0.3) is 0 Å². The third-order valence-corrected chi connectivity index (χ3v) is 5.67. The lowest BCUT2D eigenvalue weighted by molar-refractivity contribution is 0.0981. The van der Waals surface area contributed by atoms with Crippen LogP contribution >= 0.6 is 0 Å². The molecule has 0 bridgehead atoms. The molecule has 0 aliphatic carbocycles. The standard InChI is InChI=1S/C17H17N3O5S2/c1-12(2)7-9-14-10-8-13(11-19-14)17(21)20-27(24,25)16-6-4-3-5-15(16)26(18,22)23/h3-6,8,10-12H,1-2H3,(H,20,21)(H2,18,22,23). The van der Waals surface area contributed by atoms with Crippen LogP contribution in [0.2, 0.25) is 0 Å². The number of benzene rings is 1. The van der Waals surface area contributed by atoms with Crippen molar-refractivity contribution < 1.29 is 21.6 Å². The van der Waals surface area contributed by atoms with Crippen LogP contribution in [0.4, 0.5) is 0 Å². The van der Waals surface area contributed by atoms with Crippen molar-refractivity contribution in [1.82, 2.24) is 9.71 Å². The SMILES string of the molecule is CC(C)C#Cc1ccc(C(=O)NS(=O)(=O)c2ccccc2S(N)(=O)=O)cn1. The van der Waals surface area contributed by atoms with E-state index in [2.05, 4.69) is 16.8 Å². The number of amides is 1. The van der Waals surface area contributed by atoms with Crippen molar-refractivity contribution in [3.05, 3.63) is 53.9 Å². The van der Waals surface area contributed by atoms with Gasteiger partial charge in [-0.25, -0.2) is 31.7 Å². The molecule has 1 aromatic carbocycles. The van der Waals surface area contributed by atoms with Crippen molar-refractivity contribution >= 4 is 26.0 Å². The van der Waals surface area contributed by atoms with E-state index in [-0.39, 0.29) is 11.5 Å². The molecule has 0 spiro atoms. The molecule has 2 aromatic rings. The third-order valence-electron chi connectivity index (χ3n) is 3.19. The molecule has 0 fully saturated rings. The minimum Gasteiger partial charge on any atom is -0.268 e. The highest BCUT2D eigenvalue weighted by Gasteiger charge is 2.26. The van der Waals surface area contributed by atoms with Crippen LogP contribution in [-0.2, 0) is 20.0 Å². The van der Waals surface area contributed by atoms with Gasteiger partial charge in [0.15, 0.2) is 0 Å². The number of primary sulfonamides is 1. The second kappa shape index (κ2) is 7.87. The minimum atomic E-state index is -4.47. The molecule has 10 heteroatoms. The zero-order valence-electron chi connectivity index (χ0n) is 14.5. The molecule has 0 saturated heterocycles. The van der Waals surface area contributed by atoms with Gasteiger partial charge in [0.25, 0.3) is 15.9 Å². The van der Waals surface area contributed by atoms with Crippen LogP contribution < -0.4 is 9.86 Å². The topological polar surface area (TPSA) is 136 Å². The maximum Gasteiger partial charge on any atom is 0.266 e. The van der Waals surface area contributed by atoms with Crippen molar-refractivity contribution in [3.63, 3.8) is 0 Å². The number of nitrogens with one attached hydrogen (secondary N) is 1.